The van der Waals surface area contributed by atoms with E-state index in [-0.39, 0.29) is 55.7 Å². The van der Waals surface area contributed by atoms with E-state index in [0.717, 1.165) is 44.8 Å². The number of nitrogens with one attached hydrogen (secondary N) is 2. The second-order valence-electron chi connectivity index (χ2n) is 7.97. The molecule has 0 saturated heterocycles. The Balaban J connectivity index is 0.00000108. The van der Waals surface area contributed by atoms with Gasteiger partial charge in [0.2, 0.25) is 0 Å². The summed E-state index contributed by atoms with van der Waals surface area (Å²) in [5, 5.41) is 0. The minimum atomic E-state index is 0. The van der Waals surface area contributed by atoms with Crippen molar-refractivity contribution >= 4 is 96.0 Å². The number of hydrogen-bond acceptors (Lipinski definition) is 3. The van der Waals surface area contributed by atoms with Crippen LogP contribution in [0.4, 0.5) is 0 Å². The van der Waals surface area contributed by atoms with Crippen LogP contribution in [0.5, 0.6) is 0 Å². The topological polar surface area (TPSA) is 60.6 Å². The molecule has 8 bridgehead atoms. The molecule has 0 radical (unpaired) electrons. The maximum atomic E-state index is 4.79. The van der Waals surface area contributed by atoms with Crippen molar-refractivity contribution in [2.24, 2.45) is 0 Å². The number of aromatic nitrogens is 4. The molecule has 0 fully saturated rings. The van der Waals surface area contributed by atoms with Crippen LogP contribution in [0, 0.1) is 0 Å². The summed E-state index contributed by atoms with van der Waals surface area (Å²) in [4.78, 5) is 18.8. The molecule has 6 rings (SSSR count). The first kappa shape index (κ1) is 28.3. The van der Waals surface area contributed by atoms with Crippen LogP contribution in [0.2, 0.25) is 0 Å². The Hall–Kier alpha value is -2.96. The van der Waals surface area contributed by atoms with E-state index < -0.39 is 0 Å². The largest absolute Gasteiger partial charge is 0.370 e. The molecular formula is C26H25Cl4N5. The van der Waals surface area contributed by atoms with Crippen LogP contribution < -0.4 is 0 Å². The van der Waals surface area contributed by atoms with Crippen molar-refractivity contribution in [2.75, 3.05) is 7.05 Å². The fourth-order valence-corrected chi connectivity index (χ4v) is 4.19. The molecule has 0 aromatic carbocycles. The van der Waals surface area contributed by atoms with E-state index in [0.29, 0.717) is 0 Å². The van der Waals surface area contributed by atoms with E-state index in [1.165, 1.54) is 5.56 Å². The summed E-state index contributed by atoms with van der Waals surface area (Å²) in [5.74, 6) is 0. The van der Waals surface area contributed by atoms with E-state index >= 15 is 0 Å². The smallest absolute Gasteiger partial charge is 0.0741 e. The number of rotatable bonds is 1. The van der Waals surface area contributed by atoms with Crippen molar-refractivity contribution in [3.8, 4) is 0 Å². The molecular weight excluding hydrogens is 524 g/mol. The quantitative estimate of drug-likeness (QED) is 0.229. The number of H-pyrrole nitrogens is 2. The van der Waals surface area contributed by atoms with Gasteiger partial charge in [-0.3, -0.25) is 0 Å². The van der Waals surface area contributed by atoms with Crippen molar-refractivity contribution in [1.82, 2.24) is 24.8 Å². The lowest BCUT2D eigenvalue weighted by Crippen LogP contribution is -2.18. The summed E-state index contributed by atoms with van der Waals surface area (Å²) in [5.41, 5.74) is 9.04. The fourth-order valence-electron chi connectivity index (χ4n) is 4.19. The van der Waals surface area contributed by atoms with Crippen molar-refractivity contribution in [3.63, 3.8) is 0 Å². The Bertz CT molecular complexity index is 1480. The monoisotopic (exact) mass is 547 g/mol. The molecule has 0 aliphatic carbocycles. The van der Waals surface area contributed by atoms with Gasteiger partial charge in [-0.25, -0.2) is 9.97 Å². The lowest BCUT2D eigenvalue weighted by molar-refractivity contribution is 0.392. The highest BCUT2D eigenvalue weighted by atomic mass is 35.5. The molecule has 35 heavy (non-hydrogen) atoms. The molecule has 3 aromatic rings. The highest BCUT2D eigenvalue weighted by Crippen LogP contribution is 2.29. The fraction of sp³-hybridized carbons (Fsp3) is 0.0769. The minimum absolute atomic E-state index is 0. The zero-order chi connectivity index (χ0) is 20.8. The van der Waals surface area contributed by atoms with Gasteiger partial charge in [0.05, 0.1) is 28.8 Å². The molecule has 0 spiro atoms. The number of allylic oxidation sites excluding steroid dienone is 2. The van der Waals surface area contributed by atoms with E-state index in [1.807, 2.05) is 18.2 Å². The number of likely N-dealkylation sites (N-methyl/N-ethyl adjacent to an activating group) is 1. The molecule has 0 amide bonds. The van der Waals surface area contributed by atoms with Crippen LogP contribution in [0.15, 0.2) is 66.9 Å². The van der Waals surface area contributed by atoms with Crippen LogP contribution in [0.1, 0.15) is 34.4 Å². The lowest BCUT2D eigenvalue weighted by atomic mass is 10.0. The van der Waals surface area contributed by atoms with Gasteiger partial charge in [-0.1, -0.05) is 12.2 Å². The zero-order valence-electron chi connectivity index (χ0n) is 18.7. The van der Waals surface area contributed by atoms with Gasteiger partial charge in [-0.2, -0.15) is 0 Å². The second-order valence-corrected chi connectivity index (χ2v) is 7.97. The van der Waals surface area contributed by atoms with Gasteiger partial charge in [0, 0.05) is 34.7 Å². The van der Waals surface area contributed by atoms with Crippen LogP contribution in [-0.2, 0) is 0 Å². The first-order valence-electron chi connectivity index (χ1n) is 10.3. The number of fused-ring (bicyclic) bond motifs is 8. The maximum Gasteiger partial charge on any atom is 0.0741 e. The maximum absolute atomic E-state index is 4.79. The summed E-state index contributed by atoms with van der Waals surface area (Å²) in [7, 11) is 2.10. The molecule has 2 N–H and O–H groups in total. The molecule has 3 aliphatic rings. The van der Waals surface area contributed by atoms with E-state index in [4.69, 9.17) is 9.97 Å². The Labute approximate surface area is 228 Å². The third kappa shape index (κ3) is 5.82. The molecule has 1 atom stereocenters. The second kappa shape index (κ2) is 11.6. The predicted molar refractivity (Wildman–Crippen MR) is 157 cm³/mol. The lowest BCUT2D eigenvalue weighted by Gasteiger charge is -2.25. The van der Waals surface area contributed by atoms with Gasteiger partial charge in [0.25, 0.3) is 0 Å². The molecule has 6 heterocycles. The Kier molecular flexibility index (Phi) is 9.41. The standard InChI is InChI=1S/C26H21N5.4ClH/c1-31-11-3-2-4-26(31)24-15-23-14-21-8-7-19(28-21)12-17-5-6-18(27-17)13-20-9-10-22(29-20)16-25(24)30-23;;;;/h2-16,26-27,30H,1H3;4*1H. The van der Waals surface area contributed by atoms with Crippen molar-refractivity contribution in [3.05, 3.63) is 95.2 Å². The van der Waals surface area contributed by atoms with Gasteiger partial charge in [0.15, 0.2) is 0 Å². The highest BCUT2D eigenvalue weighted by Gasteiger charge is 2.17. The number of aromatic amines is 2. The van der Waals surface area contributed by atoms with E-state index in [9.17, 15) is 0 Å². The van der Waals surface area contributed by atoms with Crippen molar-refractivity contribution < 1.29 is 0 Å². The predicted octanol–water partition coefficient (Wildman–Crippen LogP) is 7.40. The van der Waals surface area contributed by atoms with Gasteiger partial charge >= 0.3 is 0 Å². The summed E-state index contributed by atoms with van der Waals surface area (Å²) >= 11 is 0. The Morgan fingerprint density at radius 2 is 1.20 bits per heavy atom. The van der Waals surface area contributed by atoms with Gasteiger partial charge in [0.1, 0.15) is 0 Å². The Morgan fingerprint density at radius 1 is 0.657 bits per heavy atom. The van der Waals surface area contributed by atoms with E-state index in [2.05, 4.69) is 94.9 Å². The third-order valence-electron chi connectivity index (χ3n) is 5.68. The normalized spacial score (nSPS) is 15.0. The highest BCUT2D eigenvalue weighted by molar-refractivity contribution is 5.86. The molecule has 5 nitrogen and oxygen atoms in total. The minimum Gasteiger partial charge on any atom is -0.370 e. The first-order valence-corrected chi connectivity index (χ1v) is 10.3. The molecule has 3 aliphatic heterocycles. The van der Waals surface area contributed by atoms with Crippen LogP contribution in [-0.4, -0.2) is 31.9 Å². The summed E-state index contributed by atoms with van der Waals surface area (Å²) in [6, 6.07) is 14.8. The molecule has 182 valence electrons. The SMILES string of the molecule is CN1C=CC=CC1c1cc2cc3nc(cc4ccc(cc5nc(cc1[nH]2)C=C5)[nH]4)C=C3.Cl.Cl.Cl.Cl. The average Bonchev–Trinajstić information content (AvgIpc) is 3.53. The summed E-state index contributed by atoms with van der Waals surface area (Å²) < 4.78 is 0. The van der Waals surface area contributed by atoms with Crippen LogP contribution in [0.3, 0.4) is 0 Å². The number of hydrogen-bond donors (Lipinski definition) is 2. The summed E-state index contributed by atoms with van der Waals surface area (Å²) in [6.07, 6.45) is 16.6. The van der Waals surface area contributed by atoms with Gasteiger partial charge in [-0.15, -0.1) is 49.6 Å². The molecule has 0 saturated carbocycles. The van der Waals surface area contributed by atoms with E-state index in [1.54, 1.807) is 0 Å². The van der Waals surface area contributed by atoms with Crippen LogP contribution >= 0.6 is 49.6 Å². The van der Waals surface area contributed by atoms with Crippen LogP contribution in [0.25, 0.3) is 46.4 Å². The molecule has 3 aromatic heterocycles. The Morgan fingerprint density at radius 3 is 1.77 bits per heavy atom. The number of halogens is 4. The summed E-state index contributed by atoms with van der Waals surface area (Å²) in [6.45, 7) is 0. The zero-order valence-corrected chi connectivity index (χ0v) is 22.0. The van der Waals surface area contributed by atoms with Crippen molar-refractivity contribution in [2.45, 2.75) is 6.04 Å². The van der Waals surface area contributed by atoms with Gasteiger partial charge < -0.3 is 14.9 Å². The van der Waals surface area contributed by atoms with Gasteiger partial charge in [-0.05, 0) is 79.0 Å². The average molecular weight is 549 g/mol. The molecule has 9 heteroatoms. The van der Waals surface area contributed by atoms with Crippen molar-refractivity contribution in [1.29, 1.82) is 0 Å². The molecule has 1 unspecified atom stereocenters. The third-order valence-corrected chi connectivity index (χ3v) is 5.68. The number of nitrogens with zero attached hydrogens (tertiary/aromatic N) is 3. The first-order chi connectivity index (χ1) is 15.2.